The van der Waals surface area contributed by atoms with E-state index in [2.05, 4.69) is 10.2 Å². The quantitative estimate of drug-likeness (QED) is 0.651. The Morgan fingerprint density at radius 2 is 1.61 bits per heavy atom. The number of amides is 2. The highest BCUT2D eigenvalue weighted by Crippen LogP contribution is 2.25. The molecule has 1 N–H and O–H groups in total. The Labute approximate surface area is 185 Å². The van der Waals surface area contributed by atoms with Gasteiger partial charge in [-0.25, -0.2) is 8.42 Å². The molecule has 31 heavy (non-hydrogen) atoms. The molecule has 0 aromatic heterocycles. The van der Waals surface area contributed by atoms with E-state index in [1.54, 1.807) is 0 Å². The van der Waals surface area contributed by atoms with Crippen molar-refractivity contribution >= 4 is 21.7 Å². The highest BCUT2D eigenvalue weighted by molar-refractivity contribution is 7.91. The van der Waals surface area contributed by atoms with E-state index >= 15 is 0 Å². The maximum Gasteiger partial charge on any atom is 0.244 e. The molecule has 2 saturated heterocycles. The SMILES string of the molecule is CCC(C)NC(=O)CN1CCN(C(=O)C(c2ccccc2)N2CCS(=O)(=O)CC2)CC1. The fourth-order valence-electron chi connectivity index (χ4n) is 4.05. The summed E-state index contributed by atoms with van der Waals surface area (Å²) in [6.07, 6.45) is 0.896. The number of benzene rings is 1. The fourth-order valence-corrected chi connectivity index (χ4v) is 5.28. The van der Waals surface area contributed by atoms with Crippen molar-refractivity contribution in [2.45, 2.75) is 32.4 Å². The van der Waals surface area contributed by atoms with Crippen molar-refractivity contribution in [2.24, 2.45) is 0 Å². The summed E-state index contributed by atoms with van der Waals surface area (Å²) in [5.41, 5.74) is 0.891. The van der Waals surface area contributed by atoms with Gasteiger partial charge in [0.25, 0.3) is 0 Å². The lowest BCUT2D eigenvalue weighted by molar-refractivity contribution is -0.139. The summed E-state index contributed by atoms with van der Waals surface area (Å²) < 4.78 is 23.8. The van der Waals surface area contributed by atoms with Crippen LogP contribution in [0.4, 0.5) is 0 Å². The number of carbonyl (C=O) groups is 2. The molecule has 2 aliphatic rings. The third-order valence-electron chi connectivity index (χ3n) is 6.16. The number of hydrogen-bond donors (Lipinski definition) is 1. The zero-order valence-corrected chi connectivity index (χ0v) is 19.3. The van der Waals surface area contributed by atoms with Crippen molar-refractivity contribution in [3.05, 3.63) is 35.9 Å². The third kappa shape index (κ3) is 6.51. The second-order valence-electron chi connectivity index (χ2n) is 8.48. The summed E-state index contributed by atoms with van der Waals surface area (Å²) in [4.78, 5) is 31.6. The second kappa shape index (κ2) is 10.6. The highest BCUT2D eigenvalue weighted by atomic mass is 32.2. The molecule has 2 heterocycles. The van der Waals surface area contributed by atoms with Crippen molar-refractivity contribution in [1.29, 1.82) is 0 Å². The van der Waals surface area contributed by atoms with Crippen molar-refractivity contribution in [2.75, 3.05) is 57.3 Å². The Bertz CT molecular complexity index is 840. The van der Waals surface area contributed by atoms with Gasteiger partial charge in [-0.05, 0) is 18.9 Å². The first-order valence-corrected chi connectivity index (χ1v) is 12.9. The smallest absolute Gasteiger partial charge is 0.244 e. The summed E-state index contributed by atoms with van der Waals surface area (Å²) >= 11 is 0. The zero-order valence-electron chi connectivity index (χ0n) is 18.5. The van der Waals surface area contributed by atoms with Gasteiger partial charge in [-0.15, -0.1) is 0 Å². The molecule has 1 aromatic rings. The molecule has 2 atom stereocenters. The lowest BCUT2D eigenvalue weighted by Crippen LogP contribution is -2.55. The number of carbonyl (C=O) groups excluding carboxylic acids is 2. The molecule has 8 nitrogen and oxygen atoms in total. The van der Waals surface area contributed by atoms with Crippen molar-refractivity contribution in [3.8, 4) is 0 Å². The molecule has 0 spiro atoms. The average molecular weight is 451 g/mol. The Kier molecular flexibility index (Phi) is 8.07. The lowest BCUT2D eigenvalue weighted by Gasteiger charge is -2.40. The second-order valence-corrected chi connectivity index (χ2v) is 10.8. The standard InChI is InChI=1S/C22H34N4O4S/c1-3-18(2)23-20(27)17-24-9-11-26(12-10-24)22(28)21(19-7-5-4-6-8-19)25-13-15-31(29,30)16-14-25/h4-8,18,21H,3,9-17H2,1-2H3,(H,23,27). The highest BCUT2D eigenvalue weighted by Gasteiger charge is 2.36. The molecule has 9 heteroatoms. The van der Waals surface area contributed by atoms with E-state index < -0.39 is 15.9 Å². The van der Waals surface area contributed by atoms with Gasteiger partial charge < -0.3 is 10.2 Å². The van der Waals surface area contributed by atoms with E-state index in [0.717, 1.165) is 12.0 Å². The number of nitrogens with one attached hydrogen (secondary N) is 1. The monoisotopic (exact) mass is 450 g/mol. The van der Waals surface area contributed by atoms with Crippen LogP contribution >= 0.6 is 0 Å². The minimum Gasteiger partial charge on any atom is -0.353 e. The Balaban J connectivity index is 1.63. The van der Waals surface area contributed by atoms with Gasteiger partial charge in [-0.1, -0.05) is 37.3 Å². The molecule has 0 radical (unpaired) electrons. The van der Waals surface area contributed by atoms with E-state index in [0.29, 0.717) is 45.8 Å². The van der Waals surface area contributed by atoms with E-state index in [1.807, 2.05) is 54.0 Å². The number of hydrogen-bond acceptors (Lipinski definition) is 6. The molecule has 2 unspecified atom stereocenters. The number of rotatable bonds is 7. The van der Waals surface area contributed by atoms with Crippen LogP contribution in [-0.4, -0.2) is 98.3 Å². The van der Waals surface area contributed by atoms with Gasteiger partial charge in [-0.2, -0.15) is 0 Å². The molecule has 0 saturated carbocycles. The molecular formula is C22H34N4O4S. The van der Waals surface area contributed by atoms with Crippen LogP contribution in [0.1, 0.15) is 31.9 Å². The molecule has 0 bridgehead atoms. The van der Waals surface area contributed by atoms with Crippen LogP contribution in [0.3, 0.4) is 0 Å². The predicted octanol–water partition coefficient (Wildman–Crippen LogP) is 0.517. The molecule has 3 rings (SSSR count). The van der Waals surface area contributed by atoms with Crippen molar-refractivity contribution < 1.29 is 18.0 Å². The lowest BCUT2D eigenvalue weighted by atomic mass is 10.0. The molecule has 0 aliphatic carbocycles. The molecule has 2 aliphatic heterocycles. The van der Waals surface area contributed by atoms with E-state index in [1.165, 1.54) is 0 Å². The first kappa shape index (κ1) is 23.7. The van der Waals surface area contributed by atoms with Crippen LogP contribution in [0, 0.1) is 0 Å². The predicted molar refractivity (Wildman–Crippen MR) is 120 cm³/mol. The Morgan fingerprint density at radius 1 is 1.00 bits per heavy atom. The van der Waals surface area contributed by atoms with Crippen LogP contribution in [-0.2, 0) is 19.4 Å². The third-order valence-corrected chi connectivity index (χ3v) is 7.77. The van der Waals surface area contributed by atoms with E-state index in [9.17, 15) is 18.0 Å². The molecule has 2 fully saturated rings. The van der Waals surface area contributed by atoms with Gasteiger partial charge in [0.2, 0.25) is 11.8 Å². The first-order chi connectivity index (χ1) is 14.8. The van der Waals surface area contributed by atoms with Crippen LogP contribution in [0.15, 0.2) is 30.3 Å². The fraction of sp³-hybridized carbons (Fsp3) is 0.636. The van der Waals surface area contributed by atoms with Crippen LogP contribution < -0.4 is 5.32 Å². The van der Waals surface area contributed by atoms with Crippen molar-refractivity contribution in [1.82, 2.24) is 20.0 Å². The molecule has 1 aromatic carbocycles. The van der Waals surface area contributed by atoms with Gasteiger partial charge >= 0.3 is 0 Å². The average Bonchev–Trinajstić information content (AvgIpc) is 2.76. The number of nitrogens with zero attached hydrogens (tertiary/aromatic N) is 3. The minimum atomic E-state index is -3.02. The first-order valence-electron chi connectivity index (χ1n) is 11.1. The van der Waals surface area contributed by atoms with Gasteiger partial charge in [-0.3, -0.25) is 19.4 Å². The summed E-state index contributed by atoms with van der Waals surface area (Å²) in [6, 6.07) is 9.28. The van der Waals surface area contributed by atoms with Gasteiger partial charge in [0.1, 0.15) is 6.04 Å². The maximum atomic E-state index is 13.5. The summed E-state index contributed by atoms with van der Waals surface area (Å²) in [5, 5.41) is 2.98. The zero-order chi connectivity index (χ0) is 22.4. The number of piperazine rings is 1. The van der Waals surface area contributed by atoms with Crippen LogP contribution in [0.2, 0.25) is 0 Å². The molecule has 172 valence electrons. The van der Waals surface area contributed by atoms with Crippen LogP contribution in [0.25, 0.3) is 0 Å². The summed E-state index contributed by atoms with van der Waals surface area (Å²) in [5.74, 6) is 0.200. The Hall–Kier alpha value is -1.97. The van der Waals surface area contributed by atoms with Gasteiger partial charge in [0, 0.05) is 45.3 Å². The Morgan fingerprint density at radius 3 is 2.19 bits per heavy atom. The van der Waals surface area contributed by atoms with Crippen LogP contribution in [0.5, 0.6) is 0 Å². The topological polar surface area (TPSA) is 90.0 Å². The molecule has 2 amide bonds. The maximum absolute atomic E-state index is 13.5. The molecular weight excluding hydrogens is 416 g/mol. The van der Waals surface area contributed by atoms with E-state index in [-0.39, 0.29) is 29.4 Å². The summed E-state index contributed by atoms with van der Waals surface area (Å²) in [6.45, 7) is 7.52. The normalized spacial score (nSPS) is 21.9. The van der Waals surface area contributed by atoms with E-state index in [4.69, 9.17) is 0 Å². The van der Waals surface area contributed by atoms with Gasteiger partial charge in [0.15, 0.2) is 9.84 Å². The van der Waals surface area contributed by atoms with Crippen molar-refractivity contribution in [3.63, 3.8) is 0 Å². The van der Waals surface area contributed by atoms with Gasteiger partial charge in [0.05, 0.1) is 18.1 Å². The number of sulfone groups is 1. The largest absolute Gasteiger partial charge is 0.353 e. The minimum absolute atomic E-state index is 0.00852. The summed E-state index contributed by atoms with van der Waals surface area (Å²) in [7, 11) is -3.02.